The minimum Gasteiger partial charge on any atom is -0.368 e. The second-order valence-electron chi connectivity index (χ2n) is 7.97. The number of benzene rings is 2. The molecule has 2 aromatic carbocycles. The van der Waals surface area contributed by atoms with Crippen molar-refractivity contribution >= 4 is 32.7 Å². The number of aromatic nitrogens is 3. The van der Waals surface area contributed by atoms with Gasteiger partial charge in [-0.3, -0.25) is 14.1 Å². The van der Waals surface area contributed by atoms with Crippen LogP contribution in [-0.2, 0) is 15.8 Å². The first-order chi connectivity index (χ1) is 16.1. The van der Waals surface area contributed by atoms with Crippen molar-refractivity contribution in [3.05, 3.63) is 82.3 Å². The summed E-state index contributed by atoms with van der Waals surface area (Å²) in [4.78, 5) is 21.2. The van der Waals surface area contributed by atoms with E-state index in [9.17, 15) is 17.6 Å². The molecule has 0 bridgehead atoms. The summed E-state index contributed by atoms with van der Waals surface area (Å²) in [6, 6.07) is 11.5. The summed E-state index contributed by atoms with van der Waals surface area (Å²) in [6.07, 6.45) is 1.39. The van der Waals surface area contributed by atoms with Crippen LogP contribution in [0.3, 0.4) is 0 Å². The average molecular weight is 486 g/mol. The monoisotopic (exact) mass is 485 g/mol. The van der Waals surface area contributed by atoms with E-state index in [0.29, 0.717) is 10.9 Å². The topological polar surface area (TPSA) is 120 Å². The number of nitrogens with zero attached hydrogens (tertiary/aromatic N) is 3. The van der Waals surface area contributed by atoms with Crippen LogP contribution in [0.15, 0.2) is 59.5 Å². The lowest BCUT2D eigenvalue weighted by molar-refractivity contribution is 0.513. The number of sulfonamides is 1. The zero-order valence-electron chi connectivity index (χ0n) is 18.3. The van der Waals surface area contributed by atoms with Crippen LogP contribution in [0.2, 0.25) is 0 Å². The summed E-state index contributed by atoms with van der Waals surface area (Å²) < 4.78 is 58.3. The predicted molar refractivity (Wildman–Crippen MR) is 127 cm³/mol. The van der Waals surface area contributed by atoms with Gasteiger partial charge in [0.05, 0.1) is 17.0 Å². The molecule has 0 aliphatic rings. The summed E-state index contributed by atoms with van der Waals surface area (Å²) in [5, 5.41) is 0.407. The van der Waals surface area contributed by atoms with Gasteiger partial charge in [0.25, 0.3) is 5.56 Å². The highest BCUT2D eigenvalue weighted by molar-refractivity contribution is 7.91. The number of hydrogen-bond acceptors (Lipinski definition) is 6. The quantitative estimate of drug-likeness (QED) is 0.428. The fraction of sp³-hybridized carbons (Fsp3) is 0.174. The van der Waals surface area contributed by atoms with Crippen LogP contribution in [0.4, 0.5) is 20.4 Å². The van der Waals surface area contributed by atoms with Gasteiger partial charge in [0.1, 0.15) is 5.65 Å². The number of fused-ring (bicyclic) bond motifs is 1. The molecule has 0 atom stereocenters. The molecule has 4 rings (SSSR count). The second kappa shape index (κ2) is 8.82. The van der Waals surface area contributed by atoms with Crippen LogP contribution in [0.25, 0.3) is 22.2 Å². The molecule has 4 aromatic rings. The fourth-order valence-electron chi connectivity index (χ4n) is 3.64. The van der Waals surface area contributed by atoms with Crippen molar-refractivity contribution in [3.63, 3.8) is 0 Å². The molecular formula is C23H21F2N5O3S. The Morgan fingerprint density at radius 1 is 1.06 bits per heavy atom. The summed E-state index contributed by atoms with van der Waals surface area (Å²) in [5.41, 5.74) is 4.81. The maximum absolute atomic E-state index is 15.1. The van der Waals surface area contributed by atoms with Gasteiger partial charge in [0.15, 0.2) is 11.6 Å². The summed E-state index contributed by atoms with van der Waals surface area (Å²) in [6.45, 7) is 3.48. The van der Waals surface area contributed by atoms with Crippen LogP contribution in [0.1, 0.15) is 25.5 Å². The normalized spacial score (nSPS) is 11.8. The molecule has 2 heterocycles. The van der Waals surface area contributed by atoms with E-state index >= 15 is 4.39 Å². The molecule has 2 aromatic heterocycles. The lowest BCUT2D eigenvalue weighted by Crippen LogP contribution is -2.25. The Hall–Kier alpha value is -3.86. The molecule has 0 unspecified atom stereocenters. The van der Waals surface area contributed by atoms with Gasteiger partial charge in [-0.05, 0) is 37.6 Å². The fourth-order valence-corrected chi connectivity index (χ4v) is 4.84. The molecule has 0 radical (unpaired) electrons. The van der Waals surface area contributed by atoms with E-state index in [1.807, 2.05) is 0 Å². The van der Waals surface area contributed by atoms with Crippen LogP contribution in [-0.4, -0.2) is 23.0 Å². The maximum Gasteiger partial charge on any atom is 0.260 e. The van der Waals surface area contributed by atoms with Gasteiger partial charge in [-0.1, -0.05) is 30.3 Å². The van der Waals surface area contributed by atoms with Crippen molar-refractivity contribution in [2.24, 2.45) is 0 Å². The highest BCUT2D eigenvalue weighted by Crippen LogP contribution is 2.30. The van der Waals surface area contributed by atoms with Crippen LogP contribution in [0, 0.1) is 11.6 Å². The van der Waals surface area contributed by atoms with Crippen LogP contribution in [0.5, 0.6) is 0 Å². The summed E-state index contributed by atoms with van der Waals surface area (Å²) in [7, 11) is -4.01. The van der Waals surface area contributed by atoms with E-state index in [4.69, 9.17) is 5.73 Å². The molecule has 34 heavy (non-hydrogen) atoms. The predicted octanol–water partition coefficient (Wildman–Crippen LogP) is 3.84. The number of halogens is 2. The zero-order valence-corrected chi connectivity index (χ0v) is 19.1. The third-order valence-electron chi connectivity index (χ3n) is 5.15. The molecule has 0 saturated heterocycles. The van der Waals surface area contributed by atoms with E-state index in [0.717, 1.165) is 12.1 Å². The minimum atomic E-state index is -4.01. The van der Waals surface area contributed by atoms with E-state index < -0.39 is 38.7 Å². The second-order valence-corrected chi connectivity index (χ2v) is 9.69. The molecule has 176 valence electrons. The summed E-state index contributed by atoms with van der Waals surface area (Å²) >= 11 is 0. The maximum atomic E-state index is 15.1. The number of nitrogens with one attached hydrogen (secondary N) is 1. The number of anilines is 2. The lowest BCUT2D eigenvalue weighted by Gasteiger charge is -2.16. The Labute approximate surface area is 194 Å². The molecule has 0 fully saturated rings. The highest BCUT2D eigenvalue weighted by Gasteiger charge is 2.22. The van der Waals surface area contributed by atoms with Crippen molar-refractivity contribution in [3.8, 4) is 11.1 Å². The van der Waals surface area contributed by atoms with Crippen LogP contribution >= 0.6 is 0 Å². The number of hydrogen-bond donors (Lipinski definition) is 2. The first-order valence-electron chi connectivity index (χ1n) is 10.3. The SMILES string of the molecule is CC(C)n1c(=O)c(-c2ccc(NS(=O)(=O)Cc3ccccc3)c(F)c2F)cc2cnc(N)nc21. The van der Waals surface area contributed by atoms with Crippen molar-refractivity contribution in [2.75, 3.05) is 10.5 Å². The van der Waals surface area contributed by atoms with Gasteiger partial charge in [-0.15, -0.1) is 0 Å². The molecule has 0 spiro atoms. The Balaban J connectivity index is 1.78. The van der Waals surface area contributed by atoms with Gasteiger partial charge in [0.2, 0.25) is 16.0 Å². The molecule has 0 aliphatic heterocycles. The van der Waals surface area contributed by atoms with Gasteiger partial charge in [-0.2, -0.15) is 4.98 Å². The number of rotatable bonds is 6. The zero-order chi connectivity index (χ0) is 24.6. The molecular weight excluding hydrogens is 464 g/mol. The van der Waals surface area contributed by atoms with Crippen molar-refractivity contribution in [1.29, 1.82) is 0 Å². The van der Waals surface area contributed by atoms with Crippen LogP contribution < -0.4 is 16.0 Å². The van der Waals surface area contributed by atoms with Crippen molar-refractivity contribution in [2.45, 2.75) is 25.6 Å². The molecule has 3 N–H and O–H groups in total. The largest absolute Gasteiger partial charge is 0.368 e. The first-order valence-corrected chi connectivity index (χ1v) is 11.9. The highest BCUT2D eigenvalue weighted by atomic mass is 32.2. The molecule has 11 heteroatoms. The van der Waals surface area contributed by atoms with Gasteiger partial charge < -0.3 is 5.73 Å². The first kappa shape index (κ1) is 23.3. The lowest BCUT2D eigenvalue weighted by atomic mass is 10.0. The minimum absolute atomic E-state index is 0.0292. The molecule has 0 amide bonds. The Morgan fingerprint density at radius 3 is 2.44 bits per heavy atom. The Kier molecular flexibility index (Phi) is 6.05. The van der Waals surface area contributed by atoms with Gasteiger partial charge in [-0.25, -0.2) is 22.2 Å². The Morgan fingerprint density at radius 2 is 1.76 bits per heavy atom. The van der Waals surface area contributed by atoms with Gasteiger partial charge >= 0.3 is 0 Å². The smallest absolute Gasteiger partial charge is 0.260 e. The third kappa shape index (κ3) is 4.46. The van der Waals surface area contributed by atoms with E-state index in [1.165, 1.54) is 16.8 Å². The molecule has 8 nitrogen and oxygen atoms in total. The average Bonchev–Trinajstić information content (AvgIpc) is 2.77. The standard InChI is InChI=1S/C23H21F2N5O3S/c1-13(2)30-21-15(11-27-23(26)28-21)10-17(22(30)31)16-8-9-18(20(25)19(16)24)29-34(32,33)12-14-6-4-3-5-7-14/h3-11,13,29H,12H2,1-2H3,(H2,26,27,28). The Bertz CT molecular complexity index is 1550. The molecule has 0 aliphatic carbocycles. The van der Waals surface area contributed by atoms with Crippen molar-refractivity contribution < 1.29 is 17.2 Å². The molecule has 0 saturated carbocycles. The van der Waals surface area contributed by atoms with E-state index in [-0.39, 0.29) is 28.8 Å². The number of nitrogens with two attached hydrogens (primary N) is 1. The van der Waals surface area contributed by atoms with Gasteiger partial charge in [0, 0.05) is 23.2 Å². The van der Waals surface area contributed by atoms with E-state index in [1.54, 1.807) is 44.2 Å². The summed E-state index contributed by atoms with van der Waals surface area (Å²) in [5.74, 6) is -3.22. The number of nitrogen functional groups attached to an aromatic ring is 1. The van der Waals surface area contributed by atoms with E-state index in [2.05, 4.69) is 14.7 Å². The van der Waals surface area contributed by atoms with Crippen molar-refractivity contribution in [1.82, 2.24) is 14.5 Å². The number of pyridine rings is 1. The third-order valence-corrected chi connectivity index (χ3v) is 6.39.